The Bertz CT molecular complexity index is 1320. The van der Waals surface area contributed by atoms with E-state index in [1.807, 2.05) is 24.3 Å². The van der Waals surface area contributed by atoms with Gasteiger partial charge in [-0.25, -0.2) is 9.79 Å². The van der Waals surface area contributed by atoms with Crippen LogP contribution in [0, 0.1) is 0 Å². The first-order chi connectivity index (χ1) is 17.9. The van der Waals surface area contributed by atoms with Gasteiger partial charge in [0.2, 0.25) is 11.8 Å². The Morgan fingerprint density at radius 2 is 1.65 bits per heavy atom. The lowest BCUT2D eigenvalue weighted by Gasteiger charge is -2.17. The Labute approximate surface area is 218 Å². The topological polar surface area (TPSA) is 118 Å². The largest absolute Gasteiger partial charge is 0.497 e. The molecule has 0 radical (unpaired) electrons. The molecule has 0 saturated carbocycles. The Kier molecular flexibility index (Phi) is 8.09. The van der Waals surface area contributed by atoms with Crippen LogP contribution in [-0.4, -0.2) is 52.4 Å². The number of carbonyl (C=O) groups excluding carboxylic acids is 2. The SMILES string of the molecule is COc1ccc(CN2C(=O)C(CC(=O)Nc3cccc(C(=O)O)c3)SC2=Nc2ccc(OC)cc2)cc1. The molecule has 9 nitrogen and oxygen atoms in total. The molecule has 2 N–H and O–H groups in total. The van der Waals surface area contributed by atoms with Crippen LogP contribution in [0.4, 0.5) is 11.4 Å². The molecule has 37 heavy (non-hydrogen) atoms. The van der Waals surface area contributed by atoms with Crippen LogP contribution < -0.4 is 14.8 Å². The zero-order chi connectivity index (χ0) is 26.4. The Hall–Kier alpha value is -4.31. The third kappa shape index (κ3) is 6.47. The lowest BCUT2D eigenvalue weighted by Crippen LogP contribution is -2.33. The highest BCUT2D eigenvalue weighted by Crippen LogP contribution is 2.33. The van der Waals surface area contributed by atoms with Gasteiger partial charge in [0.05, 0.1) is 32.0 Å². The summed E-state index contributed by atoms with van der Waals surface area (Å²) in [5, 5.41) is 11.7. The fourth-order valence-electron chi connectivity index (χ4n) is 3.66. The molecule has 1 saturated heterocycles. The van der Waals surface area contributed by atoms with Gasteiger partial charge in [-0.1, -0.05) is 30.0 Å². The van der Waals surface area contributed by atoms with Crippen molar-refractivity contribution in [2.45, 2.75) is 18.2 Å². The van der Waals surface area contributed by atoms with Gasteiger partial charge in [0.25, 0.3) is 0 Å². The van der Waals surface area contributed by atoms with Gasteiger partial charge in [-0.05, 0) is 60.2 Å². The molecule has 1 unspecified atom stereocenters. The number of nitrogens with one attached hydrogen (secondary N) is 1. The third-order valence-electron chi connectivity index (χ3n) is 5.58. The molecule has 1 aliphatic heterocycles. The number of carboxylic acid groups (broad SMARTS) is 1. The van der Waals surface area contributed by atoms with E-state index in [1.165, 1.54) is 23.9 Å². The van der Waals surface area contributed by atoms with E-state index in [4.69, 9.17) is 9.47 Å². The second kappa shape index (κ2) is 11.6. The molecule has 3 aromatic rings. The molecule has 2 amide bonds. The number of hydrogen-bond acceptors (Lipinski definition) is 7. The van der Waals surface area contributed by atoms with Gasteiger partial charge in [-0.3, -0.25) is 14.5 Å². The Morgan fingerprint density at radius 1 is 1.00 bits per heavy atom. The lowest BCUT2D eigenvalue weighted by molar-refractivity contribution is -0.128. The maximum atomic E-state index is 13.4. The summed E-state index contributed by atoms with van der Waals surface area (Å²) in [6.45, 7) is 0.281. The summed E-state index contributed by atoms with van der Waals surface area (Å²) in [5.74, 6) is -0.326. The number of carbonyl (C=O) groups is 3. The quantitative estimate of drug-likeness (QED) is 0.425. The summed E-state index contributed by atoms with van der Waals surface area (Å²) >= 11 is 1.22. The molecule has 1 atom stereocenters. The molecule has 10 heteroatoms. The van der Waals surface area contributed by atoms with Crippen molar-refractivity contribution in [1.82, 2.24) is 4.90 Å². The number of nitrogens with zero attached hydrogens (tertiary/aromatic N) is 2. The molecule has 1 aliphatic rings. The molecule has 1 heterocycles. The van der Waals surface area contributed by atoms with Crippen LogP contribution in [0.2, 0.25) is 0 Å². The van der Waals surface area contributed by atoms with Gasteiger partial charge < -0.3 is 19.9 Å². The smallest absolute Gasteiger partial charge is 0.335 e. The van der Waals surface area contributed by atoms with E-state index in [1.54, 1.807) is 55.5 Å². The van der Waals surface area contributed by atoms with Crippen LogP contribution in [0.15, 0.2) is 77.8 Å². The van der Waals surface area contributed by atoms with Crippen molar-refractivity contribution in [2.24, 2.45) is 4.99 Å². The van der Waals surface area contributed by atoms with Gasteiger partial charge >= 0.3 is 5.97 Å². The fraction of sp³-hybridized carbons (Fsp3) is 0.185. The number of aromatic carboxylic acids is 1. The maximum absolute atomic E-state index is 13.4. The minimum atomic E-state index is -1.09. The molecular formula is C27H25N3O6S. The highest BCUT2D eigenvalue weighted by molar-refractivity contribution is 8.15. The number of amidine groups is 1. The Balaban J connectivity index is 1.54. The average Bonchev–Trinajstić information content (AvgIpc) is 3.18. The third-order valence-corrected chi connectivity index (χ3v) is 6.76. The summed E-state index contributed by atoms with van der Waals surface area (Å²) < 4.78 is 10.4. The Morgan fingerprint density at radius 3 is 2.27 bits per heavy atom. The zero-order valence-corrected chi connectivity index (χ0v) is 21.0. The van der Waals surface area contributed by atoms with Crippen LogP contribution in [0.25, 0.3) is 0 Å². The van der Waals surface area contributed by atoms with Gasteiger partial charge in [-0.15, -0.1) is 0 Å². The van der Waals surface area contributed by atoms with Gasteiger partial charge in [-0.2, -0.15) is 0 Å². The maximum Gasteiger partial charge on any atom is 0.335 e. The van der Waals surface area contributed by atoms with E-state index in [0.29, 0.717) is 28.0 Å². The number of benzene rings is 3. The molecule has 0 spiro atoms. The first kappa shape index (κ1) is 25.8. The molecule has 0 bridgehead atoms. The second-order valence-electron chi connectivity index (χ2n) is 8.11. The number of carboxylic acids is 1. The van der Waals surface area contributed by atoms with E-state index < -0.39 is 17.1 Å². The van der Waals surface area contributed by atoms with Crippen LogP contribution in [0.1, 0.15) is 22.3 Å². The van der Waals surface area contributed by atoms with E-state index in [2.05, 4.69) is 10.3 Å². The zero-order valence-electron chi connectivity index (χ0n) is 20.2. The summed E-state index contributed by atoms with van der Waals surface area (Å²) in [7, 11) is 3.17. The predicted octanol–water partition coefficient (Wildman–Crippen LogP) is 4.56. The van der Waals surface area contributed by atoms with E-state index in [0.717, 1.165) is 5.56 Å². The number of aliphatic imine (C=N–C) groups is 1. The summed E-state index contributed by atoms with van der Waals surface area (Å²) in [6, 6.07) is 20.5. The first-order valence-corrected chi connectivity index (χ1v) is 12.2. The van der Waals surface area contributed by atoms with E-state index in [-0.39, 0.29) is 24.4 Å². The minimum absolute atomic E-state index is 0.0590. The molecule has 3 aromatic carbocycles. The number of anilines is 1. The first-order valence-electron chi connectivity index (χ1n) is 11.3. The number of rotatable bonds is 9. The highest BCUT2D eigenvalue weighted by Gasteiger charge is 2.39. The summed E-state index contributed by atoms with van der Waals surface area (Å²) in [4.78, 5) is 43.6. The number of thioether (sulfide) groups is 1. The van der Waals surface area contributed by atoms with E-state index in [9.17, 15) is 19.5 Å². The molecular weight excluding hydrogens is 494 g/mol. The molecule has 0 aromatic heterocycles. The van der Waals surface area contributed by atoms with Crippen molar-refractivity contribution >= 4 is 46.1 Å². The second-order valence-corrected chi connectivity index (χ2v) is 9.28. The lowest BCUT2D eigenvalue weighted by atomic mass is 10.2. The number of ether oxygens (including phenoxy) is 2. The molecule has 0 aliphatic carbocycles. The van der Waals surface area contributed by atoms with Crippen LogP contribution in [0.3, 0.4) is 0 Å². The van der Waals surface area contributed by atoms with Gasteiger partial charge in [0.15, 0.2) is 5.17 Å². The minimum Gasteiger partial charge on any atom is -0.497 e. The summed E-state index contributed by atoms with van der Waals surface area (Å²) in [6.07, 6.45) is -0.0957. The molecule has 1 fully saturated rings. The molecule has 4 rings (SSSR count). The monoisotopic (exact) mass is 519 g/mol. The van der Waals surface area contributed by atoms with Crippen molar-refractivity contribution in [3.8, 4) is 11.5 Å². The van der Waals surface area contributed by atoms with Crippen LogP contribution in [-0.2, 0) is 16.1 Å². The molecule has 190 valence electrons. The van der Waals surface area contributed by atoms with Crippen molar-refractivity contribution in [1.29, 1.82) is 0 Å². The highest BCUT2D eigenvalue weighted by atomic mass is 32.2. The van der Waals surface area contributed by atoms with Crippen molar-refractivity contribution in [2.75, 3.05) is 19.5 Å². The van der Waals surface area contributed by atoms with E-state index >= 15 is 0 Å². The van der Waals surface area contributed by atoms with Crippen LogP contribution >= 0.6 is 11.8 Å². The van der Waals surface area contributed by atoms with Crippen molar-refractivity contribution in [3.63, 3.8) is 0 Å². The predicted molar refractivity (Wildman–Crippen MR) is 142 cm³/mol. The number of methoxy groups -OCH3 is 2. The van der Waals surface area contributed by atoms with Gasteiger partial charge in [0, 0.05) is 12.1 Å². The van der Waals surface area contributed by atoms with Crippen molar-refractivity contribution < 1.29 is 29.0 Å². The standard InChI is InChI=1S/C27H25N3O6S/c1-35-21-10-6-17(7-11-21)16-30-25(32)23(37-27(30)29-19-8-12-22(36-2)13-9-19)15-24(31)28-20-5-3-4-18(14-20)26(33)34/h3-14,23H,15-16H2,1-2H3,(H,28,31)(H,33,34). The average molecular weight is 520 g/mol. The van der Waals surface area contributed by atoms with Gasteiger partial charge in [0.1, 0.15) is 16.7 Å². The number of hydrogen-bond donors (Lipinski definition) is 2. The van der Waals surface area contributed by atoms with Crippen LogP contribution in [0.5, 0.6) is 11.5 Å². The van der Waals surface area contributed by atoms with Crippen molar-refractivity contribution in [3.05, 3.63) is 83.9 Å². The summed E-state index contributed by atoms with van der Waals surface area (Å²) in [5.41, 5.74) is 1.94. The normalized spacial score (nSPS) is 16.1. The number of amides is 2. The fourth-order valence-corrected chi connectivity index (χ4v) is 4.82.